The van der Waals surface area contributed by atoms with E-state index in [1.807, 2.05) is 0 Å². The highest BCUT2D eigenvalue weighted by atomic mass is 19.1. The third kappa shape index (κ3) is 6.89. The van der Waals surface area contributed by atoms with Gasteiger partial charge in [-0.05, 0) is 42.3 Å². The maximum atomic E-state index is 13.6. The van der Waals surface area contributed by atoms with Crippen LogP contribution in [0.1, 0.15) is 5.56 Å². The van der Waals surface area contributed by atoms with Crippen LogP contribution in [0.2, 0.25) is 0 Å². The van der Waals surface area contributed by atoms with Gasteiger partial charge in [0, 0.05) is 12.2 Å². The van der Waals surface area contributed by atoms with E-state index >= 15 is 0 Å². The first-order valence-electron chi connectivity index (χ1n) is 10.2. The lowest BCUT2D eigenvalue weighted by atomic mass is 10.1. The van der Waals surface area contributed by atoms with Crippen molar-refractivity contribution in [2.24, 2.45) is 0 Å². The predicted molar refractivity (Wildman–Crippen MR) is 109 cm³/mol. The third-order valence-corrected chi connectivity index (χ3v) is 5.29. The number of hydrogen-bond acceptors (Lipinski definition) is 2. The van der Waals surface area contributed by atoms with Crippen molar-refractivity contribution in [2.75, 3.05) is 51.1 Å². The van der Waals surface area contributed by atoms with Crippen molar-refractivity contribution in [3.05, 3.63) is 65.7 Å². The lowest BCUT2D eigenvalue weighted by molar-refractivity contribution is -1.00. The Bertz CT molecular complexity index is 852. The molecule has 0 aliphatic carbocycles. The summed E-state index contributed by atoms with van der Waals surface area (Å²) in [6, 6.07) is 12.3. The van der Waals surface area contributed by atoms with E-state index in [4.69, 9.17) is 0 Å². The molecule has 4 N–H and O–H groups in total. The highest BCUT2D eigenvalue weighted by Crippen LogP contribution is 2.07. The summed E-state index contributed by atoms with van der Waals surface area (Å²) in [5.74, 6) is -0.737. The number of halogens is 2. The molecule has 0 bridgehead atoms. The normalized spacial score (nSPS) is 18.6. The summed E-state index contributed by atoms with van der Waals surface area (Å²) in [6.07, 6.45) is 0.467. The van der Waals surface area contributed by atoms with E-state index in [2.05, 4.69) is 10.6 Å². The van der Waals surface area contributed by atoms with Crippen molar-refractivity contribution < 1.29 is 28.2 Å². The quantitative estimate of drug-likeness (QED) is 0.447. The van der Waals surface area contributed by atoms with Crippen LogP contribution in [-0.4, -0.2) is 57.6 Å². The fourth-order valence-corrected chi connectivity index (χ4v) is 3.60. The molecule has 160 valence electrons. The third-order valence-electron chi connectivity index (χ3n) is 5.29. The van der Waals surface area contributed by atoms with Crippen molar-refractivity contribution in [3.8, 4) is 0 Å². The highest BCUT2D eigenvalue weighted by molar-refractivity contribution is 5.91. The molecule has 1 aliphatic heterocycles. The van der Waals surface area contributed by atoms with E-state index in [-0.39, 0.29) is 23.4 Å². The van der Waals surface area contributed by atoms with Gasteiger partial charge in [0.05, 0.1) is 0 Å². The fraction of sp³-hybridized carbons (Fsp3) is 0.364. The van der Waals surface area contributed by atoms with E-state index in [1.54, 1.807) is 18.2 Å². The average Bonchev–Trinajstić information content (AvgIpc) is 2.72. The Labute approximate surface area is 174 Å². The van der Waals surface area contributed by atoms with E-state index in [0.717, 1.165) is 26.2 Å². The second-order valence-corrected chi connectivity index (χ2v) is 7.60. The van der Waals surface area contributed by atoms with Gasteiger partial charge >= 0.3 is 0 Å². The number of quaternary nitrogens is 2. The molecule has 0 radical (unpaired) electrons. The van der Waals surface area contributed by atoms with E-state index in [0.29, 0.717) is 37.3 Å². The lowest BCUT2D eigenvalue weighted by Crippen LogP contribution is -3.28. The Kier molecular flexibility index (Phi) is 7.87. The number of hydrogen-bond donors (Lipinski definition) is 4. The molecule has 0 aromatic heterocycles. The van der Waals surface area contributed by atoms with Crippen molar-refractivity contribution >= 4 is 17.5 Å². The van der Waals surface area contributed by atoms with Gasteiger partial charge in [-0.15, -0.1) is 0 Å². The van der Waals surface area contributed by atoms with Crippen molar-refractivity contribution in [1.82, 2.24) is 5.32 Å². The molecule has 0 saturated carbocycles. The molecule has 0 atom stereocenters. The van der Waals surface area contributed by atoms with Gasteiger partial charge < -0.3 is 20.4 Å². The second kappa shape index (κ2) is 10.8. The SMILES string of the molecule is O=C(C[NH+]1CC[NH+](CC(=O)Nc2ccc(F)cc2)CC1)NCCc1ccccc1F. The van der Waals surface area contributed by atoms with E-state index in [9.17, 15) is 18.4 Å². The molecule has 3 rings (SSSR count). The number of nitrogens with one attached hydrogen (secondary N) is 4. The van der Waals surface area contributed by atoms with Crippen molar-refractivity contribution in [1.29, 1.82) is 0 Å². The summed E-state index contributed by atoms with van der Waals surface area (Å²) in [5.41, 5.74) is 1.18. The summed E-state index contributed by atoms with van der Waals surface area (Å²) in [7, 11) is 0. The molecule has 1 aliphatic rings. The Morgan fingerprint density at radius 1 is 0.833 bits per heavy atom. The zero-order chi connectivity index (χ0) is 21.3. The van der Waals surface area contributed by atoms with E-state index in [1.165, 1.54) is 40.1 Å². The van der Waals surface area contributed by atoms with Crippen LogP contribution in [0, 0.1) is 11.6 Å². The first kappa shape index (κ1) is 21.9. The minimum Gasteiger partial charge on any atom is -0.351 e. The van der Waals surface area contributed by atoms with Gasteiger partial charge in [0.2, 0.25) is 0 Å². The Morgan fingerprint density at radius 3 is 2.07 bits per heavy atom. The molecule has 30 heavy (non-hydrogen) atoms. The van der Waals surface area contributed by atoms with Crippen molar-refractivity contribution in [2.45, 2.75) is 6.42 Å². The van der Waals surface area contributed by atoms with Crippen LogP contribution < -0.4 is 20.4 Å². The van der Waals surface area contributed by atoms with Gasteiger partial charge in [-0.3, -0.25) is 9.59 Å². The van der Waals surface area contributed by atoms with Crippen LogP contribution >= 0.6 is 0 Å². The summed E-state index contributed by atoms with van der Waals surface area (Å²) < 4.78 is 26.5. The molecule has 2 aromatic carbocycles. The minimum absolute atomic E-state index is 0.0427. The number of carbonyl (C=O) groups excluding carboxylic acids is 2. The van der Waals surface area contributed by atoms with Gasteiger partial charge in [-0.25, -0.2) is 8.78 Å². The smallest absolute Gasteiger partial charge is 0.279 e. The Balaban J connectivity index is 1.32. The molecule has 1 heterocycles. The fourth-order valence-electron chi connectivity index (χ4n) is 3.60. The van der Waals surface area contributed by atoms with Crippen LogP contribution in [0.3, 0.4) is 0 Å². The molecule has 1 fully saturated rings. The summed E-state index contributed by atoms with van der Waals surface area (Å²) in [4.78, 5) is 26.7. The van der Waals surface area contributed by atoms with Crippen LogP contribution in [0.15, 0.2) is 48.5 Å². The molecule has 0 unspecified atom stereocenters. The molecular formula is C22H28F2N4O2+2. The van der Waals surface area contributed by atoms with Gasteiger partial charge in [-0.2, -0.15) is 0 Å². The minimum atomic E-state index is -0.339. The maximum absolute atomic E-state index is 13.6. The molecular weight excluding hydrogens is 390 g/mol. The number of benzene rings is 2. The lowest BCUT2D eigenvalue weighted by Gasteiger charge is -2.29. The first-order valence-corrected chi connectivity index (χ1v) is 10.2. The maximum Gasteiger partial charge on any atom is 0.279 e. The highest BCUT2D eigenvalue weighted by Gasteiger charge is 2.26. The number of carbonyl (C=O) groups is 2. The van der Waals surface area contributed by atoms with Crippen LogP contribution in [0.5, 0.6) is 0 Å². The molecule has 1 saturated heterocycles. The van der Waals surface area contributed by atoms with E-state index < -0.39 is 0 Å². The Hall–Kier alpha value is -2.84. The Morgan fingerprint density at radius 2 is 1.43 bits per heavy atom. The average molecular weight is 418 g/mol. The number of piperazine rings is 1. The number of anilines is 1. The van der Waals surface area contributed by atoms with Crippen LogP contribution in [0.25, 0.3) is 0 Å². The predicted octanol–water partition coefficient (Wildman–Crippen LogP) is -0.954. The molecule has 8 heteroatoms. The summed E-state index contributed by atoms with van der Waals surface area (Å²) in [5, 5.41) is 5.63. The number of amides is 2. The zero-order valence-corrected chi connectivity index (χ0v) is 16.8. The zero-order valence-electron chi connectivity index (χ0n) is 16.8. The summed E-state index contributed by atoms with van der Waals surface area (Å²) >= 11 is 0. The molecule has 0 spiro atoms. The second-order valence-electron chi connectivity index (χ2n) is 7.60. The summed E-state index contributed by atoms with van der Waals surface area (Å²) in [6.45, 7) is 4.35. The molecule has 2 aromatic rings. The standard InChI is InChI=1S/C22H26F2N4O2/c23-18-5-7-19(8-6-18)26-22(30)16-28-13-11-27(12-14-28)15-21(29)25-10-9-17-3-1-2-4-20(17)24/h1-8H,9-16H2,(H,25,29)(H,26,30)/p+2. The van der Waals surface area contributed by atoms with Gasteiger partial charge in [-0.1, -0.05) is 18.2 Å². The molecule has 6 nitrogen and oxygen atoms in total. The largest absolute Gasteiger partial charge is 0.351 e. The number of rotatable bonds is 8. The van der Waals surface area contributed by atoms with Crippen LogP contribution in [-0.2, 0) is 16.0 Å². The molecule has 2 amide bonds. The topological polar surface area (TPSA) is 67.1 Å². The first-order chi connectivity index (χ1) is 14.5. The van der Waals surface area contributed by atoms with Crippen molar-refractivity contribution in [3.63, 3.8) is 0 Å². The van der Waals surface area contributed by atoms with Gasteiger partial charge in [0.25, 0.3) is 11.8 Å². The van der Waals surface area contributed by atoms with Crippen LogP contribution in [0.4, 0.5) is 14.5 Å². The van der Waals surface area contributed by atoms with Gasteiger partial charge in [0.1, 0.15) is 37.8 Å². The monoisotopic (exact) mass is 418 g/mol. The van der Waals surface area contributed by atoms with Gasteiger partial charge in [0.15, 0.2) is 13.1 Å².